The van der Waals surface area contributed by atoms with Gasteiger partial charge in [-0.2, -0.15) is 0 Å². The Labute approximate surface area is 61.6 Å². The highest BCUT2D eigenvalue weighted by atomic mass is 16.4. The molecule has 0 fully saturated rings. The smallest absolute Gasteiger partial charge is 0.330 e. The summed E-state index contributed by atoms with van der Waals surface area (Å²) in [5.41, 5.74) is 0.439. The van der Waals surface area contributed by atoms with Crippen LogP contribution in [0.1, 0.15) is 27.2 Å². The van der Waals surface area contributed by atoms with Crippen molar-refractivity contribution >= 4 is 5.97 Å². The van der Waals surface area contributed by atoms with Gasteiger partial charge in [0.05, 0.1) is 0 Å². The van der Waals surface area contributed by atoms with Crippen molar-refractivity contribution < 1.29 is 9.90 Å². The standard InChI is InChI=1S/C8H14O2/c1-4-6(2)5-7(3)8(9)10/h5-6H,4H2,1-3H3,(H,9,10)/b7-5-. The average Bonchev–Trinajstić information content (AvgIpc) is 1.87. The first kappa shape index (κ1) is 9.21. The van der Waals surface area contributed by atoms with Gasteiger partial charge < -0.3 is 5.11 Å². The van der Waals surface area contributed by atoms with E-state index in [2.05, 4.69) is 0 Å². The largest absolute Gasteiger partial charge is 0.478 e. The summed E-state index contributed by atoms with van der Waals surface area (Å²) < 4.78 is 0. The Balaban J connectivity index is 4.02. The predicted octanol–water partition coefficient (Wildman–Crippen LogP) is 2.06. The van der Waals surface area contributed by atoms with Crippen LogP contribution in [0, 0.1) is 5.92 Å². The van der Waals surface area contributed by atoms with Crippen molar-refractivity contribution in [3.8, 4) is 0 Å². The van der Waals surface area contributed by atoms with Gasteiger partial charge in [-0.05, 0) is 12.8 Å². The van der Waals surface area contributed by atoms with E-state index in [0.717, 1.165) is 6.42 Å². The number of carboxylic acids is 1. The van der Waals surface area contributed by atoms with Gasteiger partial charge in [-0.15, -0.1) is 0 Å². The summed E-state index contributed by atoms with van der Waals surface area (Å²) in [7, 11) is 0. The number of rotatable bonds is 3. The van der Waals surface area contributed by atoms with Gasteiger partial charge in [0.15, 0.2) is 0 Å². The molecular weight excluding hydrogens is 128 g/mol. The first-order chi connectivity index (χ1) is 4.57. The molecule has 0 aliphatic heterocycles. The first-order valence-corrected chi connectivity index (χ1v) is 3.49. The van der Waals surface area contributed by atoms with E-state index in [1.165, 1.54) is 0 Å². The second-order valence-electron chi connectivity index (χ2n) is 2.54. The zero-order chi connectivity index (χ0) is 8.15. The molecule has 0 amide bonds. The third-order valence-electron chi connectivity index (χ3n) is 1.52. The lowest BCUT2D eigenvalue weighted by Crippen LogP contribution is -1.98. The Morgan fingerprint density at radius 2 is 2.20 bits per heavy atom. The van der Waals surface area contributed by atoms with Crippen molar-refractivity contribution in [1.29, 1.82) is 0 Å². The molecule has 58 valence electrons. The van der Waals surface area contributed by atoms with Crippen molar-refractivity contribution in [1.82, 2.24) is 0 Å². The molecule has 0 aromatic carbocycles. The molecule has 10 heavy (non-hydrogen) atoms. The van der Waals surface area contributed by atoms with Crippen LogP contribution < -0.4 is 0 Å². The van der Waals surface area contributed by atoms with Crippen molar-refractivity contribution in [2.24, 2.45) is 5.92 Å². The number of hydrogen-bond acceptors (Lipinski definition) is 1. The lowest BCUT2D eigenvalue weighted by molar-refractivity contribution is -0.132. The van der Waals surface area contributed by atoms with Gasteiger partial charge in [0, 0.05) is 5.57 Å². The average molecular weight is 142 g/mol. The number of aliphatic carboxylic acids is 1. The maximum Gasteiger partial charge on any atom is 0.330 e. The van der Waals surface area contributed by atoms with Gasteiger partial charge in [0.25, 0.3) is 0 Å². The minimum Gasteiger partial charge on any atom is -0.478 e. The van der Waals surface area contributed by atoms with Crippen LogP contribution in [0.2, 0.25) is 0 Å². The summed E-state index contributed by atoms with van der Waals surface area (Å²) in [4.78, 5) is 10.3. The Hall–Kier alpha value is -0.790. The van der Waals surface area contributed by atoms with Gasteiger partial charge in [0.1, 0.15) is 0 Å². The monoisotopic (exact) mass is 142 g/mol. The molecule has 2 heteroatoms. The molecule has 0 bridgehead atoms. The molecule has 0 aliphatic carbocycles. The molecule has 0 spiro atoms. The molecule has 0 saturated carbocycles. The molecule has 0 aromatic rings. The molecule has 0 heterocycles. The summed E-state index contributed by atoms with van der Waals surface area (Å²) in [5.74, 6) is -0.448. The van der Waals surface area contributed by atoms with Crippen LogP contribution in [0.4, 0.5) is 0 Å². The topological polar surface area (TPSA) is 37.3 Å². The van der Waals surface area contributed by atoms with E-state index in [-0.39, 0.29) is 0 Å². The van der Waals surface area contributed by atoms with E-state index in [0.29, 0.717) is 11.5 Å². The minimum atomic E-state index is -0.819. The van der Waals surface area contributed by atoms with Crippen molar-refractivity contribution in [2.75, 3.05) is 0 Å². The Kier molecular flexibility index (Phi) is 3.77. The lowest BCUT2D eigenvalue weighted by atomic mass is 10.1. The van der Waals surface area contributed by atoms with Crippen LogP contribution in [0.3, 0.4) is 0 Å². The highest BCUT2D eigenvalue weighted by molar-refractivity contribution is 5.85. The zero-order valence-electron chi connectivity index (χ0n) is 6.72. The van der Waals surface area contributed by atoms with Crippen molar-refractivity contribution in [3.05, 3.63) is 11.6 Å². The fourth-order valence-electron chi connectivity index (χ4n) is 0.616. The van der Waals surface area contributed by atoms with Crippen LogP contribution in [0.25, 0.3) is 0 Å². The van der Waals surface area contributed by atoms with Gasteiger partial charge in [-0.25, -0.2) is 4.79 Å². The molecule has 1 unspecified atom stereocenters. The summed E-state index contributed by atoms with van der Waals surface area (Å²) >= 11 is 0. The quantitative estimate of drug-likeness (QED) is 0.612. The Morgan fingerprint density at radius 1 is 1.70 bits per heavy atom. The lowest BCUT2D eigenvalue weighted by Gasteiger charge is -2.00. The molecule has 2 nitrogen and oxygen atoms in total. The maximum absolute atomic E-state index is 10.3. The van der Waals surface area contributed by atoms with Gasteiger partial charge in [0.2, 0.25) is 0 Å². The third kappa shape index (κ3) is 3.28. The van der Waals surface area contributed by atoms with E-state index < -0.39 is 5.97 Å². The fourth-order valence-corrected chi connectivity index (χ4v) is 0.616. The highest BCUT2D eigenvalue weighted by Gasteiger charge is 2.01. The van der Waals surface area contributed by atoms with Crippen molar-refractivity contribution in [3.63, 3.8) is 0 Å². The molecule has 0 radical (unpaired) electrons. The zero-order valence-corrected chi connectivity index (χ0v) is 6.72. The SMILES string of the molecule is CCC(C)/C=C(/C)C(=O)O. The van der Waals surface area contributed by atoms with E-state index in [9.17, 15) is 4.79 Å². The fraction of sp³-hybridized carbons (Fsp3) is 0.625. The first-order valence-electron chi connectivity index (χ1n) is 3.49. The van der Waals surface area contributed by atoms with Crippen LogP contribution in [-0.4, -0.2) is 11.1 Å². The molecule has 1 N–H and O–H groups in total. The summed E-state index contributed by atoms with van der Waals surface area (Å²) in [6, 6.07) is 0. The minimum absolute atomic E-state index is 0.371. The number of hydrogen-bond donors (Lipinski definition) is 1. The van der Waals surface area contributed by atoms with E-state index in [4.69, 9.17) is 5.11 Å². The molecule has 0 aliphatic rings. The van der Waals surface area contributed by atoms with Crippen molar-refractivity contribution in [2.45, 2.75) is 27.2 Å². The molecule has 0 rings (SSSR count). The second kappa shape index (κ2) is 4.09. The Morgan fingerprint density at radius 3 is 2.50 bits per heavy atom. The van der Waals surface area contributed by atoms with Crippen LogP contribution in [-0.2, 0) is 4.79 Å². The third-order valence-corrected chi connectivity index (χ3v) is 1.52. The maximum atomic E-state index is 10.3. The van der Waals surface area contributed by atoms with Crippen LogP contribution >= 0.6 is 0 Å². The number of carbonyl (C=O) groups is 1. The normalized spacial score (nSPS) is 14.9. The van der Waals surface area contributed by atoms with Gasteiger partial charge in [-0.1, -0.05) is 26.3 Å². The molecule has 1 atom stereocenters. The van der Waals surface area contributed by atoms with E-state index in [1.807, 2.05) is 13.8 Å². The highest BCUT2D eigenvalue weighted by Crippen LogP contribution is 2.05. The molecule has 0 aromatic heterocycles. The molecule has 0 saturated heterocycles. The Bertz CT molecular complexity index is 147. The summed E-state index contributed by atoms with van der Waals surface area (Å²) in [6.45, 7) is 5.66. The van der Waals surface area contributed by atoms with E-state index in [1.54, 1.807) is 13.0 Å². The van der Waals surface area contributed by atoms with E-state index >= 15 is 0 Å². The van der Waals surface area contributed by atoms with Crippen LogP contribution in [0.5, 0.6) is 0 Å². The molecular formula is C8H14O2. The summed E-state index contributed by atoms with van der Waals surface area (Å²) in [6.07, 6.45) is 2.77. The second-order valence-corrected chi connectivity index (χ2v) is 2.54. The van der Waals surface area contributed by atoms with Gasteiger partial charge >= 0.3 is 5.97 Å². The summed E-state index contributed by atoms with van der Waals surface area (Å²) in [5, 5.41) is 8.46. The van der Waals surface area contributed by atoms with Gasteiger partial charge in [-0.3, -0.25) is 0 Å². The van der Waals surface area contributed by atoms with Crippen LogP contribution in [0.15, 0.2) is 11.6 Å². The number of allylic oxidation sites excluding steroid dienone is 1. The number of carboxylic acid groups (broad SMARTS) is 1. The predicted molar refractivity (Wildman–Crippen MR) is 40.8 cm³/mol.